The second-order valence-electron chi connectivity index (χ2n) is 9.10. The SMILES string of the molecule is C=C(N)N=C(C)N=C(N)c1cc(C(OC(=O)c2cccc(Cl)c2)C(C)(C)O)cnc1Nc1cnc(OC)c(F)c1. The van der Waals surface area contributed by atoms with Crippen LogP contribution >= 0.6 is 11.6 Å². The summed E-state index contributed by atoms with van der Waals surface area (Å²) < 4.78 is 24.8. The van der Waals surface area contributed by atoms with E-state index in [-0.39, 0.29) is 46.0 Å². The van der Waals surface area contributed by atoms with Gasteiger partial charge in [-0.15, -0.1) is 0 Å². The predicted molar refractivity (Wildman–Crippen MR) is 151 cm³/mol. The number of nitrogens with two attached hydrogens (primary N) is 2. The van der Waals surface area contributed by atoms with Crippen LogP contribution in [-0.2, 0) is 4.74 Å². The van der Waals surface area contributed by atoms with Gasteiger partial charge in [-0.2, -0.15) is 0 Å². The normalized spacial score (nSPS) is 13.0. The van der Waals surface area contributed by atoms with E-state index in [2.05, 4.69) is 31.8 Å². The van der Waals surface area contributed by atoms with Gasteiger partial charge < -0.3 is 31.4 Å². The molecule has 6 N–H and O–H groups in total. The summed E-state index contributed by atoms with van der Waals surface area (Å²) in [7, 11) is 1.30. The molecular formula is C27H29ClFN7O4. The van der Waals surface area contributed by atoms with Crippen LogP contribution in [0.25, 0.3) is 0 Å². The summed E-state index contributed by atoms with van der Waals surface area (Å²) in [6.45, 7) is 8.02. The molecule has 0 aliphatic heterocycles. The monoisotopic (exact) mass is 569 g/mol. The van der Waals surface area contributed by atoms with Crippen molar-refractivity contribution in [1.29, 1.82) is 0 Å². The molecule has 0 aliphatic rings. The zero-order valence-corrected chi connectivity index (χ0v) is 23.0. The number of aromatic nitrogens is 2. The van der Waals surface area contributed by atoms with Crippen molar-refractivity contribution < 1.29 is 23.8 Å². The van der Waals surface area contributed by atoms with Crippen LogP contribution in [0.5, 0.6) is 5.88 Å². The molecule has 11 nitrogen and oxygen atoms in total. The summed E-state index contributed by atoms with van der Waals surface area (Å²) in [5.41, 5.74) is 11.2. The molecule has 3 rings (SSSR count). The Labute approximate surface area is 235 Å². The number of nitrogens with one attached hydrogen (secondary N) is 1. The van der Waals surface area contributed by atoms with Gasteiger partial charge in [-0.3, -0.25) is 0 Å². The van der Waals surface area contributed by atoms with Crippen LogP contribution in [0.1, 0.15) is 48.4 Å². The first-order chi connectivity index (χ1) is 18.8. The van der Waals surface area contributed by atoms with E-state index in [1.807, 2.05) is 0 Å². The van der Waals surface area contributed by atoms with Gasteiger partial charge in [-0.25, -0.2) is 29.1 Å². The topological polar surface area (TPSA) is 170 Å². The summed E-state index contributed by atoms with van der Waals surface area (Å²) in [6, 6.07) is 8.89. The molecule has 0 saturated heterocycles. The van der Waals surface area contributed by atoms with E-state index in [1.54, 1.807) is 19.1 Å². The molecule has 1 atom stereocenters. The van der Waals surface area contributed by atoms with Crippen LogP contribution < -0.4 is 21.5 Å². The Morgan fingerprint density at radius 2 is 1.93 bits per heavy atom. The Kier molecular flexibility index (Phi) is 9.40. The van der Waals surface area contributed by atoms with Gasteiger partial charge in [0.15, 0.2) is 11.9 Å². The number of rotatable bonds is 9. The summed E-state index contributed by atoms with van der Waals surface area (Å²) in [5.74, 6) is -1.28. The van der Waals surface area contributed by atoms with Gasteiger partial charge in [-0.05, 0) is 45.0 Å². The number of benzene rings is 1. The minimum atomic E-state index is -1.55. The molecule has 2 heterocycles. The molecule has 0 fully saturated rings. The first kappa shape index (κ1) is 30.0. The molecule has 210 valence electrons. The third-order valence-corrected chi connectivity index (χ3v) is 5.50. The molecule has 0 bridgehead atoms. The number of aliphatic hydroxyl groups is 1. The largest absolute Gasteiger partial charge is 0.479 e. The summed E-state index contributed by atoms with van der Waals surface area (Å²) in [5, 5.41) is 14.2. The van der Waals surface area contributed by atoms with Crippen LogP contribution in [0, 0.1) is 5.82 Å². The van der Waals surface area contributed by atoms with Gasteiger partial charge in [0.2, 0.25) is 5.88 Å². The second kappa shape index (κ2) is 12.5. The number of hydrogen-bond acceptors (Lipinski definition) is 9. The maximum atomic E-state index is 14.3. The predicted octanol–water partition coefficient (Wildman–Crippen LogP) is 4.24. The molecule has 13 heteroatoms. The number of halogens is 2. The average molecular weight is 570 g/mol. The van der Waals surface area contributed by atoms with Gasteiger partial charge in [0.1, 0.15) is 28.9 Å². The molecule has 0 amide bonds. The Morgan fingerprint density at radius 1 is 1.20 bits per heavy atom. The van der Waals surface area contributed by atoms with Crippen molar-refractivity contribution in [1.82, 2.24) is 9.97 Å². The molecule has 0 spiro atoms. The van der Waals surface area contributed by atoms with Gasteiger partial charge in [0.05, 0.1) is 30.1 Å². The first-order valence-electron chi connectivity index (χ1n) is 11.8. The number of carbonyl (C=O) groups excluding carboxylic acids is 1. The van der Waals surface area contributed by atoms with Crippen LogP contribution in [0.15, 0.2) is 71.2 Å². The lowest BCUT2D eigenvalue weighted by molar-refractivity contribution is -0.0663. The minimum absolute atomic E-state index is 0.0223. The molecule has 3 aromatic rings. The Bertz CT molecular complexity index is 1490. The highest BCUT2D eigenvalue weighted by Gasteiger charge is 2.34. The van der Waals surface area contributed by atoms with Gasteiger partial charge in [-0.1, -0.05) is 24.2 Å². The molecular weight excluding hydrogens is 541 g/mol. The fourth-order valence-corrected chi connectivity index (χ4v) is 3.77. The van der Waals surface area contributed by atoms with E-state index in [9.17, 15) is 14.3 Å². The average Bonchev–Trinajstić information content (AvgIpc) is 2.86. The zero-order valence-electron chi connectivity index (χ0n) is 22.3. The van der Waals surface area contributed by atoms with E-state index >= 15 is 0 Å². The third-order valence-electron chi connectivity index (χ3n) is 5.27. The Balaban J connectivity index is 2.09. The van der Waals surface area contributed by atoms with E-state index in [0.717, 1.165) is 6.07 Å². The van der Waals surface area contributed by atoms with Crippen LogP contribution in [0.3, 0.4) is 0 Å². The number of pyridine rings is 2. The van der Waals surface area contributed by atoms with Crippen LogP contribution in [0.4, 0.5) is 15.9 Å². The number of ether oxygens (including phenoxy) is 2. The molecule has 1 aromatic carbocycles. The van der Waals surface area contributed by atoms with Crippen molar-refractivity contribution in [2.24, 2.45) is 21.5 Å². The van der Waals surface area contributed by atoms with Gasteiger partial charge in [0, 0.05) is 22.8 Å². The van der Waals surface area contributed by atoms with Crippen molar-refractivity contribution in [2.45, 2.75) is 32.5 Å². The highest BCUT2D eigenvalue weighted by molar-refractivity contribution is 6.30. The molecule has 0 aliphatic carbocycles. The van der Waals surface area contributed by atoms with E-state index in [4.69, 9.17) is 32.5 Å². The summed E-state index contributed by atoms with van der Waals surface area (Å²) in [4.78, 5) is 29.4. The number of esters is 1. The number of amidine groups is 2. The van der Waals surface area contributed by atoms with Crippen molar-refractivity contribution in [3.63, 3.8) is 0 Å². The first-order valence-corrected chi connectivity index (χ1v) is 12.2. The Hall–Kier alpha value is -4.55. The molecule has 40 heavy (non-hydrogen) atoms. The quantitative estimate of drug-likeness (QED) is 0.167. The highest BCUT2D eigenvalue weighted by atomic mass is 35.5. The van der Waals surface area contributed by atoms with E-state index in [1.165, 1.54) is 51.6 Å². The van der Waals surface area contributed by atoms with Crippen molar-refractivity contribution in [3.8, 4) is 5.88 Å². The number of nitrogens with zero attached hydrogens (tertiary/aromatic N) is 4. The molecule has 0 radical (unpaired) electrons. The molecule has 1 unspecified atom stereocenters. The fourth-order valence-electron chi connectivity index (χ4n) is 3.58. The second-order valence-corrected chi connectivity index (χ2v) is 9.54. The maximum Gasteiger partial charge on any atom is 0.338 e. The van der Waals surface area contributed by atoms with Crippen LogP contribution in [0.2, 0.25) is 5.02 Å². The highest BCUT2D eigenvalue weighted by Crippen LogP contribution is 2.33. The summed E-state index contributed by atoms with van der Waals surface area (Å²) >= 11 is 6.01. The maximum absolute atomic E-state index is 14.3. The van der Waals surface area contributed by atoms with E-state index in [0.29, 0.717) is 10.6 Å². The van der Waals surface area contributed by atoms with Gasteiger partial charge >= 0.3 is 5.97 Å². The van der Waals surface area contributed by atoms with Crippen molar-refractivity contribution in [3.05, 3.63) is 88.7 Å². The van der Waals surface area contributed by atoms with E-state index < -0.39 is 23.5 Å². The van der Waals surface area contributed by atoms with Crippen LogP contribution in [-0.4, -0.2) is 45.4 Å². The number of hydrogen-bond donors (Lipinski definition) is 4. The minimum Gasteiger partial charge on any atom is -0.479 e. The zero-order chi connectivity index (χ0) is 29.6. The third kappa shape index (κ3) is 7.74. The number of anilines is 2. The number of aliphatic imine (C=N–C) groups is 2. The number of carbonyl (C=O) groups is 1. The molecule has 0 saturated carbocycles. The van der Waals surface area contributed by atoms with Gasteiger partial charge in [0.25, 0.3) is 0 Å². The van der Waals surface area contributed by atoms with Crippen molar-refractivity contribution in [2.75, 3.05) is 12.4 Å². The summed E-state index contributed by atoms with van der Waals surface area (Å²) in [6.07, 6.45) is 1.53. The standard InChI is InChI=1S/C27H29ClFN7O4/c1-14(30)34-15(2)35-23(31)20-10-17(12-32-24(20)36-19-11-21(29)25(39-5)33-13-19)22(27(3,4)38)40-26(37)16-7-6-8-18(28)9-16/h6-13,22,38H,1,30H2,2-5H3,(H,32,36)(H2,31,34,35). The smallest absolute Gasteiger partial charge is 0.338 e. The molecule has 2 aromatic heterocycles. The number of methoxy groups -OCH3 is 1. The van der Waals surface area contributed by atoms with Crippen molar-refractivity contribution >= 4 is 40.7 Å². The fraction of sp³-hybridized carbons (Fsp3) is 0.222. The lowest BCUT2D eigenvalue weighted by atomic mass is 9.94. The lowest BCUT2D eigenvalue weighted by Gasteiger charge is -2.29. The Morgan fingerprint density at radius 3 is 2.52 bits per heavy atom. The lowest BCUT2D eigenvalue weighted by Crippen LogP contribution is -2.33.